The molecule has 154 valence electrons. The Labute approximate surface area is 178 Å². The van der Waals surface area contributed by atoms with Gasteiger partial charge in [0.1, 0.15) is 28.2 Å². The third kappa shape index (κ3) is 5.09. The van der Waals surface area contributed by atoms with E-state index in [4.69, 9.17) is 11.6 Å². The van der Waals surface area contributed by atoms with Gasteiger partial charge < -0.3 is 10.1 Å². The number of anilines is 1. The molecule has 0 spiro atoms. The second-order valence-corrected chi connectivity index (χ2v) is 7.06. The molecule has 0 saturated heterocycles. The maximum absolute atomic E-state index is 13.5. The predicted octanol–water partition coefficient (Wildman–Crippen LogP) is 6.43. The smallest absolute Gasteiger partial charge is 0.427 e. The van der Waals surface area contributed by atoms with Gasteiger partial charge in [-0.3, -0.25) is 0 Å². The maximum Gasteiger partial charge on any atom is 0.444 e. The van der Waals surface area contributed by atoms with Crippen molar-refractivity contribution >= 4 is 34.2 Å². The van der Waals surface area contributed by atoms with E-state index in [-0.39, 0.29) is 22.8 Å². The molecular weight excluding hydrogens is 442 g/mol. The fourth-order valence-electron chi connectivity index (χ4n) is 2.31. The minimum Gasteiger partial charge on any atom is -0.427 e. The van der Waals surface area contributed by atoms with Gasteiger partial charge in [0.05, 0.1) is 11.4 Å². The average Bonchev–Trinajstić information content (AvgIpc) is 3.20. The van der Waals surface area contributed by atoms with Crippen LogP contribution in [0.5, 0.6) is 5.75 Å². The van der Waals surface area contributed by atoms with Crippen LogP contribution in [-0.2, 0) is 0 Å². The zero-order valence-electron chi connectivity index (χ0n) is 15.0. The molecule has 0 saturated carbocycles. The topological polar surface area (TPSA) is 57.9 Å². The highest BCUT2D eigenvalue weighted by Crippen LogP contribution is 2.34. The normalized spacial score (nSPS) is 12.9. The van der Waals surface area contributed by atoms with Crippen LogP contribution in [0.25, 0.3) is 16.8 Å². The second-order valence-electron chi connectivity index (χ2n) is 5.82. The van der Waals surface area contributed by atoms with E-state index in [1.54, 1.807) is 17.5 Å². The summed E-state index contributed by atoms with van der Waals surface area (Å²) in [7, 11) is 0. The Morgan fingerprint density at radius 3 is 2.60 bits per heavy atom. The first-order chi connectivity index (χ1) is 14.3. The highest BCUT2D eigenvalue weighted by atomic mass is 35.5. The molecule has 0 bridgehead atoms. The first-order valence-corrected chi connectivity index (χ1v) is 9.64. The van der Waals surface area contributed by atoms with Crippen LogP contribution < -0.4 is 10.1 Å². The van der Waals surface area contributed by atoms with Crippen LogP contribution in [0.4, 0.5) is 23.2 Å². The Bertz CT molecular complexity index is 1090. The van der Waals surface area contributed by atoms with E-state index < -0.39 is 11.7 Å². The van der Waals surface area contributed by atoms with Gasteiger partial charge in [-0.2, -0.15) is 14.0 Å². The largest absolute Gasteiger partial charge is 0.444 e. The third-order valence-electron chi connectivity index (χ3n) is 3.75. The molecule has 1 aromatic heterocycles. The zero-order chi connectivity index (χ0) is 21.7. The highest BCUT2D eigenvalue weighted by molar-refractivity contribution is 7.11. The molecule has 1 heterocycles. The van der Waals surface area contributed by atoms with Gasteiger partial charge in [0.25, 0.3) is 5.63 Å². The third-order valence-corrected chi connectivity index (χ3v) is 4.88. The second kappa shape index (κ2) is 9.15. The zero-order valence-corrected chi connectivity index (χ0v) is 16.5. The molecule has 0 radical (unpaired) electrons. The molecule has 0 aliphatic heterocycles. The van der Waals surface area contributed by atoms with Crippen molar-refractivity contribution in [3.05, 3.63) is 70.9 Å². The molecular formula is C20H12ClF4N3OS. The predicted molar refractivity (Wildman–Crippen MR) is 107 cm³/mol. The molecule has 1 atom stereocenters. The number of hydrogen-bond acceptors (Lipinski definition) is 5. The standard InChI is InChI=1S/C20H12ClF4N3OS/c21-19(23)20(24,25)29-17-4-2-1-3-15(17)27-10-13(9-26)18-28-16(11-30-18)12-5-7-14(22)8-6-12/h1-8,10-11,19,27H/b13-10-/t19-/m1/s1. The molecule has 0 fully saturated rings. The van der Waals surface area contributed by atoms with Crippen molar-refractivity contribution < 1.29 is 22.3 Å². The number of alkyl halides is 4. The Balaban J connectivity index is 1.82. The van der Waals surface area contributed by atoms with E-state index in [1.807, 2.05) is 6.07 Å². The number of halogens is 5. The van der Waals surface area contributed by atoms with Crippen LogP contribution in [0.3, 0.4) is 0 Å². The van der Waals surface area contributed by atoms with Crippen molar-refractivity contribution in [1.82, 2.24) is 4.98 Å². The van der Waals surface area contributed by atoms with Crippen LogP contribution in [0.1, 0.15) is 5.01 Å². The summed E-state index contributed by atoms with van der Waals surface area (Å²) >= 11 is 6.00. The summed E-state index contributed by atoms with van der Waals surface area (Å²) in [6.45, 7) is 0. The fraction of sp³-hybridized carbons (Fsp3) is 0.100. The van der Waals surface area contributed by atoms with E-state index >= 15 is 0 Å². The summed E-state index contributed by atoms with van der Waals surface area (Å²) in [5, 5.41) is 14.2. The van der Waals surface area contributed by atoms with Crippen LogP contribution in [0.15, 0.2) is 60.1 Å². The number of allylic oxidation sites excluding steroid dienone is 1. The lowest BCUT2D eigenvalue weighted by Gasteiger charge is -2.19. The molecule has 3 rings (SSSR count). The van der Waals surface area contributed by atoms with Crippen LogP contribution in [0, 0.1) is 17.1 Å². The number of hydrogen-bond donors (Lipinski definition) is 1. The number of rotatable bonds is 7. The van der Waals surface area contributed by atoms with Gasteiger partial charge in [0, 0.05) is 17.1 Å². The average molecular weight is 454 g/mol. The van der Waals surface area contributed by atoms with E-state index in [2.05, 4.69) is 15.0 Å². The number of thiazole rings is 1. The number of aromatic nitrogens is 1. The van der Waals surface area contributed by atoms with Gasteiger partial charge in [-0.25, -0.2) is 13.8 Å². The van der Waals surface area contributed by atoms with Crippen molar-refractivity contribution in [3.63, 3.8) is 0 Å². The SMILES string of the molecule is N#C/C(=C/Nc1ccccc1OC(F)(F)[C@@H](F)Cl)c1nc(-c2ccc(F)cc2)cs1. The molecule has 30 heavy (non-hydrogen) atoms. The summed E-state index contributed by atoms with van der Waals surface area (Å²) in [4.78, 5) is 4.35. The Morgan fingerprint density at radius 1 is 1.23 bits per heavy atom. The van der Waals surface area contributed by atoms with Crippen LogP contribution >= 0.6 is 22.9 Å². The molecule has 3 aromatic rings. The van der Waals surface area contributed by atoms with Crippen molar-refractivity contribution in [2.45, 2.75) is 11.7 Å². The summed E-state index contributed by atoms with van der Waals surface area (Å²) in [6, 6.07) is 13.2. The van der Waals surface area contributed by atoms with Crippen molar-refractivity contribution in [2.24, 2.45) is 0 Å². The van der Waals surface area contributed by atoms with Gasteiger partial charge in [0.2, 0.25) is 0 Å². The maximum atomic E-state index is 13.5. The molecule has 0 amide bonds. The summed E-state index contributed by atoms with van der Waals surface area (Å²) in [5.41, 5.74) is -1.62. The number of para-hydroxylation sites is 2. The summed E-state index contributed by atoms with van der Waals surface area (Å²) < 4.78 is 57.2. The molecule has 2 aromatic carbocycles. The molecule has 0 aliphatic rings. The first-order valence-electron chi connectivity index (χ1n) is 8.33. The van der Waals surface area contributed by atoms with Crippen molar-refractivity contribution in [1.29, 1.82) is 5.26 Å². The van der Waals surface area contributed by atoms with Crippen LogP contribution in [0.2, 0.25) is 0 Å². The monoisotopic (exact) mass is 453 g/mol. The van der Waals surface area contributed by atoms with Crippen molar-refractivity contribution in [2.75, 3.05) is 5.32 Å². The Kier molecular flexibility index (Phi) is 6.59. The van der Waals surface area contributed by atoms with Gasteiger partial charge in [-0.15, -0.1) is 11.3 Å². The minimum absolute atomic E-state index is 0.0672. The fourth-order valence-corrected chi connectivity index (χ4v) is 3.15. The Hall–Kier alpha value is -3.09. The molecule has 0 aliphatic carbocycles. The van der Waals surface area contributed by atoms with E-state index in [1.165, 1.54) is 53.9 Å². The summed E-state index contributed by atoms with van der Waals surface area (Å²) in [5.74, 6) is -0.735. The van der Waals surface area contributed by atoms with E-state index in [0.717, 1.165) is 0 Å². The highest BCUT2D eigenvalue weighted by Gasteiger charge is 2.42. The number of benzene rings is 2. The van der Waals surface area contributed by atoms with Crippen molar-refractivity contribution in [3.8, 4) is 23.1 Å². The lowest BCUT2D eigenvalue weighted by Crippen LogP contribution is -2.33. The molecule has 0 unspecified atom stereocenters. The van der Waals surface area contributed by atoms with E-state index in [0.29, 0.717) is 16.3 Å². The number of ether oxygens (including phenoxy) is 1. The Morgan fingerprint density at radius 2 is 1.93 bits per heavy atom. The molecule has 1 N–H and O–H groups in total. The van der Waals surface area contributed by atoms with Gasteiger partial charge in [-0.1, -0.05) is 23.7 Å². The van der Waals surface area contributed by atoms with Gasteiger partial charge in [-0.05, 0) is 36.4 Å². The minimum atomic E-state index is -4.24. The first kappa shape index (κ1) is 21.6. The number of nitriles is 1. The van der Waals surface area contributed by atoms with Gasteiger partial charge in [0.15, 0.2) is 0 Å². The lowest BCUT2D eigenvalue weighted by molar-refractivity contribution is -0.198. The molecule has 10 heteroatoms. The quantitative estimate of drug-likeness (QED) is 0.254. The summed E-state index contributed by atoms with van der Waals surface area (Å²) in [6.07, 6.45) is -2.97. The lowest BCUT2D eigenvalue weighted by atomic mass is 10.2. The molecule has 4 nitrogen and oxygen atoms in total. The van der Waals surface area contributed by atoms with Crippen LogP contribution in [-0.4, -0.2) is 16.7 Å². The van der Waals surface area contributed by atoms with E-state index in [9.17, 15) is 22.8 Å². The van der Waals surface area contributed by atoms with Gasteiger partial charge >= 0.3 is 6.11 Å². The number of nitrogens with one attached hydrogen (secondary N) is 1. The number of nitrogens with zero attached hydrogens (tertiary/aromatic N) is 2.